The van der Waals surface area contributed by atoms with Crippen LogP contribution < -0.4 is 0 Å². The van der Waals surface area contributed by atoms with Gasteiger partial charge in [-0.1, -0.05) is 12.2 Å². The molecule has 0 spiro atoms. The largest absolute Gasteiger partial charge is 0.361 e. The van der Waals surface area contributed by atoms with E-state index < -0.39 is 0 Å². The summed E-state index contributed by atoms with van der Waals surface area (Å²) in [7, 11) is 0. The van der Waals surface area contributed by atoms with Crippen molar-refractivity contribution in [1.29, 1.82) is 0 Å². The second kappa shape index (κ2) is 3.72. The lowest BCUT2D eigenvalue weighted by molar-refractivity contribution is 1.19. The molecule has 0 aliphatic rings. The molecule has 0 saturated carbocycles. The summed E-state index contributed by atoms with van der Waals surface area (Å²) in [5, 5.41) is 0. The number of nitrogens with zero attached hydrogens (tertiary/aromatic N) is 1. The number of aromatic amines is 1. The Labute approximate surface area is 87.7 Å². The second-order valence-corrected chi connectivity index (χ2v) is 3.60. The van der Waals surface area contributed by atoms with Gasteiger partial charge >= 0.3 is 0 Å². The van der Waals surface area contributed by atoms with Gasteiger partial charge in [-0.15, -0.1) is 0 Å². The molecule has 14 heavy (non-hydrogen) atoms. The molecule has 0 fully saturated rings. The van der Waals surface area contributed by atoms with Crippen molar-refractivity contribution in [3.63, 3.8) is 0 Å². The minimum absolute atomic E-state index is 0.833. The number of pyridine rings is 2. The van der Waals surface area contributed by atoms with Gasteiger partial charge in [0, 0.05) is 33.9 Å². The maximum absolute atomic E-state index is 5.08. The van der Waals surface area contributed by atoms with E-state index in [1.54, 1.807) is 0 Å². The first-order valence-corrected chi connectivity index (χ1v) is 4.78. The van der Waals surface area contributed by atoms with E-state index >= 15 is 0 Å². The molecule has 70 valence electrons. The Hall–Kier alpha value is -1.48. The van der Waals surface area contributed by atoms with Crippen LogP contribution in [0.1, 0.15) is 5.69 Å². The van der Waals surface area contributed by atoms with Gasteiger partial charge in [-0.05, 0) is 31.2 Å². The minimum atomic E-state index is 0.833. The van der Waals surface area contributed by atoms with E-state index in [4.69, 9.17) is 12.2 Å². The molecule has 1 N–H and O–H groups in total. The molecule has 0 radical (unpaired) electrons. The molecular weight excluding hydrogens is 192 g/mol. The molecule has 2 rings (SSSR count). The molecular formula is C11H10N2S. The van der Waals surface area contributed by atoms with Gasteiger partial charge in [0.2, 0.25) is 0 Å². The van der Waals surface area contributed by atoms with E-state index in [0.29, 0.717) is 0 Å². The zero-order valence-corrected chi connectivity index (χ0v) is 8.64. The second-order valence-electron chi connectivity index (χ2n) is 3.13. The van der Waals surface area contributed by atoms with Gasteiger partial charge in [-0.25, -0.2) is 0 Å². The highest BCUT2D eigenvalue weighted by molar-refractivity contribution is 7.71. The minimum Gasteiger partial charge on any atom is -0.361 e. The number of rotatable bonds is 1. The van der Waals surface area contributed by atoms with Crippen molar-refractivity contribution < 1.29 is 0 Å². The fourth-order valence-electron chi connectivity index (χ4n) is 1.24. The average Bonchev–Trinajstić information content (AvgIpc) is 2.19. The van der Waals surface area contributed by atoms with E-state index in [1.807, 2.05) is 43.6 Å². The van der Waals surface area contributed by atoms with Crippen molar-refractivity contribution in [3.05, 3.63) is 46.9 Å². The predicted molar refractivity (Wildman–Crippen MR) is 59.6 cm³/mol. The van der Waals surface area contributed by atoms with E-state index in [0.717, 1.165) is 21.5 Å². The summed E-state index contributed by atoms with van der Waals surface area (Å²) in [5.41, 5.74) is 3.08. The Bertz CT molecular complexity index is 485. The topological polar surface area (TPSA) is 28.7 Å². The van der Waals surface area contributed by atoms with Crippen LogP contribution in [0.2, 0.25) is 0 Å². The van der Waals surface area contributed by atoms with Gasteiger partial charge < -0.3 is 4.98 Å². The summed E-state index contributed by atoms with van der Waals surface area (Å²) in [4.78, 5) is 7.37. The molecule has 2 nitrogen and oxygen atoms in total. The lowest BCUT2D eigenvalue weighted by Gasteiger charge is -2.00. The number of hydrogen-bond donors (Lipinski definition) is 1. The average molecular weight is 202 g/mol. The molecule has 2 aromatic rings. The first-order chi connectivity index (χ1) is 6.75. The van der Waals surface area contributed by atoms with Crippen LogP contribution in [0, 0.1) is 11.4 Å². The molecule has 2 aromatic heterocycles. The maximum Gasteiger partial charge on any atom is 0.0483 e. The number of nitrogens with one attached hydrogen (secondary N) is 1. The fourth-order valence-corrected chi connectivity index (χ4v) is 1.43. The van der Waals surface area contributed by atoms with Crippen LogP contribution in [0.3, 0.4) is 0 Å². The molecule has 0 bridgehead atoms. The Morgan fingerprint density at radius 1 is 1.29 bits per heavy atom. The Morgan fingerprint density at radius 3 is 2.79 bits per heavy atom. The fraction of sp³-hybridized carbons (Fsp3) is 0.0909. The molecule has 0 unspecified atom stereocenters. The number of aromatic nitrogens is 2. The van der Waals surface area contributed by atoms with E-state index in [1.165, 1.54) is 0 Å². The number of H-pyrrole nitrogens is 1. The highest BCUT2D eigenvalue weighted by Gasteiger charge is 1.96. The Balaban J connectivity index is 2.50. The van der Waals surface area contributed by atoms with Crippen LogP contribution in [-0.4, -0.2) is 9.97 Å². The zero-order chi connectivity index (χ0) is 9.97. The lowest BCUT2D eigenvalue weighted by Crippen LogP contribution is -1.85. The van der Waals surface area contributed by atoms with Gasteiger partial charge in [-0.2, -0.15) is 0 Å². The maximum atomic E-state index is 5.08. The first kappa shape index (κ1) is 9.09. The summed E-state index contributed by atoms with van der Waals surface area (Å²) in [6, 6.07) is 7.81. The highest BCUT2D eigenvalue weighted by atomic mass is 32.1. The van der Waals surface area contributed by atoms with E-state index in [2.05, 4.69) is 9.97 Å². The van der Waals surface area contributed by atoms with Crippen molar-refractivity contribution in [3.8, 4) is 11.3 Å². The molecule has 0 aliphatic heterocycles. The van der Waals surface area contributed by atoms with Crippen molar-refractivity contribution in [1.82, 2.24) is 9.97 Å². The first-order valence-electron chi connectivity index (χ1n) is 4.37. The third-order valence-corrected chi connectivity index (χ3v) is 2.25. The van der Waals surface area contributed by atoms with Gasteiger partial charge in [0.05, 0.1) is 0 Å². The summed E-state index contributed by atoms with van der Waals surface area (Å²) < 4.78 is 0.833. The molecule has 0 amide bonds. The van der Waals surface area contributed by atoms with E-state index in [-0.39, 0.29) is 0 Å². The summed E-state index contributed by atoms with van der Waals surface area (Å²) >= 11 is 5.08. The molecule has 0 atom stereocenters. The molecule has 2 heterocycles. The zero-order valence-electron chi connectivity index (χ0n) is 7.82. The normalized spacial score (nSPS) is 10.1. The van der Waals surface area contributed by atoms with Crippen molar-refractivity contribution in [2.24, 2.45) is 0 Å². The standard InChI is InChI=1S/C11H10N2S/c1-8-2-3-9(7-13-8)11-6-10(14)4-5-12-11/h2-7H,1H3,(H,12,14). The lowest BCUT2D eigenvalue weighted by atomic mass is 10.2. The van der Waals surface area contributed by atoms with E-state index in [9.17, 15) is 0 Å². The Morgan fingerprint density at radius 2 is 2.14 bits per heavy atom. The molecule has 0 aromatic carbocycles. The molecule has 0 saturated heterocycles. The number of hydrogen-bond acceptors (Lipinski definition) is 2. The molecule has 3 heteroatoms. The van der Waals surface area contributed by atoms with Crippen LogP contribution >= 0.6 is 12.2 Å². The highest BCUT2D eigenvalue weighted by Crippen LogP contribution is 2.15. The third-order valence-electron chi connectivity index (χ3n) is 2.00. The predicted octanol–water partition coefficient (Wildman–Crippen LogP) is 3.11. The quantitative estimate of drug-likeness (QED) is 0.720. The van der Waals surface area contributed by atoms with Crippen molar-refractivity contribution in [2.45, 2.75) is 6.92 Å². The van der Waals surface area contributed by atoms with Gasteiger partial charge in [0.15, 0.2) is 0 Å². The number of aryl methyl sites for hydroxylation is 1. The van der Waals surface area contributed by atoms with Crippen molar-refractivity contribution in [2.75, 3.05) is 0 Å². The summed E-state index contributed by atoms with van der Waals surface area (Å²) in [6.07, 6.45) is 3.69. The van der Waals surface area contributed by atoms with Crippen molar-refractivity contribution >= 4 is 12.2 Å². The Kier molecular flexibility index (Phi) is 2.41. The van der Waals surface area contributed by atoms with Crippen LogP contribution in [0.4, 0.5) is 0 Å². The van der Waals surface area contributed by atoms with Crippen LogP contribution in [0.25, 0.3) is 11.3 Å². The van der Waals surface area contributed by atoms with Gasteiger partial charge in [0.25, 0.3) is 0 Å². The van der Waals surface area contributed by atoms with Gasteiger partial charge in [0.1, 0.15) is 0 Å². The third kappa shape index (κ3) is 1.88. The van der Waals surface area contributed by atoms with Crippen LogP contribution in [0.5, 0.6) is 0 Å². The van der Waals surface area contributed by atoms with Crippen LogP contribution in [0.15, 0.2) is 36.7 Å². The summed E-state index contributed by atoms with van der Waals surface area (Å²) in [6.45, 7) is 1.97. The summed E-state index contributed by atoms with van der Waals surface area (Å²) in [5.74, 6) is 0. The molecule has 0 aliphatic carbocycles. The monoisotopic (exact) mass is 202 g/mol. The SMILES string of the molecule is Cc1ccc(-c2cc(=S)cc[nH]2)cn1. The van der Waals surface area contributed by atoms with Crippen LogP contribution in [-0.2, 0) is 0 Å². The van der Waals surface area contributed by atoms with Gasteiger partial charge in [-0.3, -0.25) is 4.98 Å². The smallest absolute Gasteiger partial charge is 0.0483 e.